The van der Waals surface area contributed by atoms with Gasteiger partial charge in [-0.15, -0.1) is 0 Å². The molecule has 0 saturated heterocycles. The lowest BCUT2D eigenvalue weighted by Crippen LogP contribution is -2.02. The smallest absolute Gasteiger partial charge is 0.232 e. The van der Waals surface area contributed by atoms with E-state index in [1.54, 1.807) is 13.2 Å². The molecule has 0 aliphatic heterocycles. The Kier molecular flexibility index (Phi) is 3.77. The zero-order valence-corrected chi connectivity index (χ0v) is 9.31. The van der Waals surface area contributed by atoms with Crippen LogP contribution in [-0.4, -0.2) is 21.3 Å². The third-order valence-corrected chi connectivity index (χ3v) is 2.96. The molecule has 0 spiro atoms. The fourth-order valence-corrected chi connectivity index (χ4v) is 1.84. The molecular formula is C9H11ClO3S. The van der Waals surface area contributed by atoms with Gasteiger partial charge in [-0.2, -0.15) is 0 Å². The first-order chi connectivity index (χ1) is 6.53. The molecule has 78 valence electrons. The predicted molar refractivity (Wildman–Crippen MR) is 56.3 cm³/mol. The minimum atomic E-state index is -3.43. The summed E-state index contributed by atoms with van der Waals surface area (Å²) in [5.74, 6) is 0.613. The summed E-state index contributed by atoms with van der Waals surface area (Å²) in [6, 6.07) is 7.27. The van der Waals surface area contributed by atoms with Gasteiger partial charge in [0, 0.05) is 10.7 Å². The molecule has 1 aromatic rings. The Morgan fingerprint density at radius 2 is 2.00 bits per heavy atom. The van der Waals surface area contributed by atoms with Crippen molar-refractivity contribution in [1.29, 1.82) is 0 Å². The maximum Gasteiger partial charge on any atom is 0.232 e. The Balaban J connectivity index is 2.76. The first-order valence-corrected chi connectivity index (χ1v) is 6.55. The zero-order chi connectivity index (χ0) is 10.6. The van der Waals surface area contributed by atoms with Gasteiger partial charge < -0.3 is 4.74 Å². The molecule has 1 aromatic carbocycles. The molecule has 0 aromatic heterocycles. The van der Waals surface area contributed by atoms with E-state index in [1.165, 1.54) is 0 Å². The minimum absolute atomic E-state index is 0.0745. The molecule has 0 saturated carbocycles. The highest BCUT2D eigenvalue weighted by Crippen LogP contribution is 2.18. The van der Waals surface area contributed by atoms with Crippen LogP contribution in [0, 0.1) is 0 Å². The summed E-state index contributed by atoms with van der Waals surface area (Å²) in [5, 5.41) is 0. The van der Waals surface area contributed by atoms with Crippen LogP contribution in [0.4, 0.5) is 0 Å². The van der Waals surface area contributed by atoms with E-state index in [-0.39, 0.29) is 5.75 Å². The van der Waals surface area contributed by atoms with E-state index in [0.29, 0.717) is 12.2 Å². The average Bonchev–Trinajstić information content (AvgIpc) is 2.14. The van der Waals surface area contributed by atoms with E-state index in [4.69, 9.17) is 15.4 Å². The fraction of sp³-hybridized carbons (Fsp3) is 0.333. The Labute approximate surface area is 88.1 Å². The van der Waals surface area contributed by atoms with Crippen LogP contribution in [0.1, 0.15) is 5.56 Å². The first-order valence-electron chi connectivity index (χ1n) is 4.07. The summed E-state index contributed by atoms with van der Waals surface area (Å²) < 4.78 is 26.5. The molecule has 0 unspecified atom stereocenters. The van der Waals surface area contributed by atoms with Crippen LogP contribution in [0.5, 0.6) is 5.75 Å². The maximum atomic E-state index is 10.7. The summed E-state index contributed by atoms with van der Waals surface area (Å²) in [6.45, 7) is 0. The number of halogens is 1. The Hall–Kier alpha value is -0.740. The Bertz CT molecular complexity index is 400. The molecule has 5 heteroatoms. The van der Waals surface area contributed by atoms with E-state index in [9.17, 15) is 8.42 Å². The van der Waals surface area contributed by atoms with Crippen molar-refractivity contribution in [2.75, 3.05) is 12.9 Å². The van der Waals surface area contributed by atoms with Gasteiger partial charge in [0.25, 0.3) is 0 Å². The summed E-state index contributed by atoms with van der Waals surface area (Å²) in [7, 11) is 3.23. The van der Waals surface area contributed by atoms with Gasteiger partial charge in [-0.1, -0.05) is 18.2 Å². The van der Waals surface area contributed by atoms with Gasteiger partial charge in [0.2, 0.25) is 9.05 Å². The molecule has 0 radical (unpaired) electrons. The molecule has 0 heterocycles. The molecule has 0 aliphatic carbocycles. The van der Waals surface area contributed by atoms with Crippen LogP contribution >= 0.6 is 10.7 Å². The van der Waals surface area contributed by atoms with Crippen molar-refractivity contribution in [2.45, 2.75) is 6.42 Å². The average molecular weight is 235 g/mol. The molecule has 14 heavy (non-hydrogen) atoms. The molecule has 3 nitrogen and oxygen atoms in total. The zero-order valence-electron chi connectivity index (χ0n) is 7.73. The third-order valence-electron chi connectivity index (χ3n) is 1.81. The molecule has 0 aliphatic rings. The minimum Gasteiger partial charge on any atom is -0.496 e. The van der Waals surface area contributed by atoms with Crippen molar-refractivity contribution in [3.8, 4) is 5.75 Å². The van der Waals surface area contributed by atoms with E-state index in [2.05, 4.69) is 0 Å². The highest BCUT2D eigenvalue weighted by Gasteiger charge is 2.08. The number of rotatable bonds is 4. The third kappa shape index (κ3) is 3.55. The van der Waals surface area contributed by atoms with Crippen molar-refractivity contribution in [3.63, 3.8) is 0 Å². The Morgan fingerprint density at radius 1 is 1.36 bits per heavy atom. The van der Waals surface area contributed by atoms with Crippen LogP contribution in [0.2, 0.25) is 0 Å². The van der Waals surface area contributed by atoms with Crippen LogP contribution in [0.25, 0.3) is 0 Å². The molecule has 1 rings (SSSR count). The van der Waals surface area contributed by atoms with Crippen LogP contribution < -0.4 is 4.74 Å². The lowest BCUT2D eigenvalue weighted by molar-refractivity contribution is 0.410. The second kappa shape index (κ2) is 4.66. The van der Waals surface area contributed by atoms with Gasteiger partial charge in [-0.05, 0) is 18.1 Å². The van der Waals surface area contributed by atoms with E-state index in [0.717, 1.165) is 5.56 Å². The van der Waals surface area contributed by atoms with Gasteiger partial charge in [0.05, 0.1) is 12.9 Å². The lowest BCUT2D eigenvalue weighted by atomic mass is 10.1. The summed E-state index contributed by atoms with van der Waals surface area (Å²) in [4.78, 5) is 0. The summed E-state index contributed by atoms with van der Waals surface area (Å²) in [5.41, 5.74) is 0.847. The molecule has 0 fully saturated rings. The summed E-state index contributed by atoms with van der Waals surface area (Å²) >= 11 is 0. The topological polar surface area (TPSA) is 43.4 Å². The lowest BCUT2D eigenvalue weighted by Gasteiger charge is -2.06. The quantitative estimate of drug-likeness (QED) is 0.747. The standard InChI is InChI=1S/C9H11ClO3S/c1-13-9-5-3-2-4-8(9)6-7-14(10,11)12/h2-5H,6-7H2,1H3. The Morgan fingerprint density at radius 3 is 2.57 bits per heavy atom. The van der Waals surface area contributed by atoms with E-state index >= 15 is 0 Å². The summed E-state index contributed by atoms with van der Waals surface area (Å²) in [6.07, 6.45) is 0.371. The second-order valence-corrected chi connectivity index (χ2v) is 5.70. The molecule has 0 amide bonds. The van der Waals surface area contributed by atoms with Gasteiger partial charge in [0.1, 0.15) is 5.75 Å². The second-order valence-electron chi connectivity index (χ2n) is 2.80. The van der Waals surface area contributed by atoms with Gasteiger partial charge in [-0.25, -0.2) is 8.42 Å². The highest BCUT2D eigenvalue weighted by molar-refractivity contribution is 8.13. The van der Waals surface area contributed by atoms with Gasteiger partial charge >= 0.3 is 0 Å². The van der Waals surface area contributed by atoms with Crippen LogP contribution in [-0.2, 0) is 15.5 Å². The largest absolute Gasteiger partial charge is 0.496 e. The van der Waals surface area contributed by atoms with Gasteiger partial charge in [-0.3, -0.25) is 0 Å². The predicted octanol–water partition coefficient (Wildman–Crippen LogP) is 1.81. The van der Waals surface area contributed by atoms with Crippen LogP contribution in [0.15, 0.2) is 24.3 Å². The van der Waals surface area contributed by atoms with Crippen LogP contribution in [0.3, 0.4) is 0 Å². The number of hydrogen-bond donors (Lipinski definition) is 0. The number of para-hydroxylation sites is 1. The molecular weight excluding hydrogens is 224 g/mol. The monoisotopic (exact) mass is 234 g/mol. The number of ether oxygens (including phenoxy) is 1. The van der Waals surface area contributed by atoms with Crippen molar-refractivity contribution in [1.82, 2.24) is 0 Å². The van der Waals surface area contributed by atoms with Crippen molar-refractivity contribution >= 4 is 19.7 Å². The number of hydrogen-bond acceptors (Lipinski definition) is 3. The highest BCUT2D eigenvalue weighted by atomic mass is 35.7. The molecule has 0 atom stereocenters. The normalized spacial score (nSPS) is 11.3. The number of aryl methyl sites for hydroxylation is 1. The molecule has 0 bridgehead atoms. The van der Waals surface area contributed by atoms with Gasteiger partial charge in [0.15, 0.2) is 0 Å². The van der Waals surface area contributed by atoms with E-state index in [1.807, 2.05) is 18.2 Å². The first kappa shape index (κ1) is 11.3. The van der Waals surface area contributed by atoms with Crippen molar-refractivity contribution in [2.24, 2.45) is 0 Å². The SMILES string of the molecule is COc1ccccc1CCS(=O)(=O)Cl. The van der Waals surface area contributed by atoms with Crippen molar-refractivity contribution < 1.29 is 13.2 Å². The fourth-order valence-electron chi connectivity index (χ4n) is 1.14. The van der Waals surface area contributed by atoms with Crippen molar-refractivity contribution in [3.05, 3.63) is 29.8 Å². The maximum absolute atomic E-state index is 10.7. The molecule has 0 N–H and O–H groups in total. The number of benzene rings is 1. The van der Waals surface area contributed by atoms with E-state index < -0.39 is 9.05 Å². The number of methoxy groups -OCH3 is 1.